The van der Waals surface area contributed by atoms with E-state index in [1.165, 1.54) is 18.3 Å². The van der Waals surface area contributed by atoms with Gasteiger partial charge in [0, 0.05) is 31.8 Å². The molecule has 0 aliphatic heterocycles. The Morgan fingerprint density at radius 2 is 2.12 bits per heavy atom. The van der Waals surface area contributed by atoms with Gasteiger partial charge in [-0.1, -0.05) is 5.16 Å². The van der Waals surface area contributed by atoms with Gasteiger partial charge in [-0.3, -0.25) is 9.48 Å². The molecule has 8 heteroatoms. The van der Waals surface area contributed by atoms with E-state index in [1.807, 2.05) is 0 Å². The highest BCUT2D eigenvalue weighted by Gasteiger charge is 2.10. The third kappa shape index (κ3) is 3.83. The van der Waals surface area contributed by atoms with Crippen LogP contribution in [-0.2, 0) is 13.5 Å². The molecule has 1 amide bonds. The van der Waals surface area contributed by atoms with Crippen LogP contribution in [0.15, 0.2) is 41.2 Å². The van der Waals surface area contributed by atoms with Gasteiger partial charge in [-0.2, -0.15) is 10.1 Å². The Morgan fingerprint density at radius 3 is 2.83 bits per heavy atom. The molecule has 0 atom stereocenters. The average molecular weight is 329 g/mol. The number of amides is 1. The van der Waals surface area contributed by atoms with Gasteiger partial charge in [0.2, 0.25) is 11.7 Å². The van der Waals surface area contributed by atoms with E-state index < -0.39 is 0 Å². The minimum absolute atomic E-state index is 0.166. The van der Waals surface area contributed by atoms with Gasteiger partial charge in [-0.25, -0.2) is 4.39 Å². The zero-order valence-electron chi connectivity index (χ0n) is 13.1. The van der Waals surface area contributed by atoms with Crippen LogP contribution < -0.4 is 5.32 Å². The largest absolute Gasteiger partial charge is 0.352 e. The Morgan fingerprint density at radius 1 is 1.33 bits per heavy atom. The van der Waals surface area contributed by atoms with E-state index in [-0.39, 0.29) is 11.7 Å². The molecule has 24 heavy (non-hydrogen) atoms. The number of nitrogens with zero attached hydrogens (tertiary/aromatic N) is 4. The number of benzene rings is 1. The van der Waals surface area contributed by atoms with Crippen molar-refractivity contribution in [1.82, 2.24) is 25.2 Å². The highest BCUT2D eigenvalue weighted by Crippen LogP contribution is 2.16. The van der Waals surface area contributed by atoms with E-state index in [0.29, 0.717) is 42.2 Å². The van der Waals surface area contributed by atoms with Gasteiger partial charge in [0.25, 0.3) is 5.91 Å². The molecule has 0 saturated carbocycles. The van der Waals surface area contributed by atoms with Crippen LogP contribution in [0.25, 0.3) is 11.4 Å². The Kier molecular flexibility index (Phi) is 4.64. The van der Waals surface area contributed by atoms with Crippen molar-refractivity contribution >= 4 is 5.91 Å². The lowest BCUT2D eigenvalue weighted by molar-refractivity contribution is 0.0953. The molecular formula is C16H16FN5O2. The third-order valence-corrected chi connectivity index (χ3v) is 3.39. The number of hydrogen-bond donors (Lipinski definition) is 1. The summed E-state index contributed by atoms with van der Waals surface area (Å²) in [6.45, 7) is 0.488. The van der Waals surface area contributed by atoms with Crippen LogP contribution in [0.4, 0.5) is 4.39 Å². The molecule has 2 heterocycles. The first kappa shape index (κ1) is 15.9. The highest BCUT2D eigenvalue weighted by atomic mass is 19.1. The third-order valence-electron chi connectivity index (χ3n) is 3.39. The second kappa shape index (κ2) is 7.03. The molecule has 0 saturated heterocycles. The van der Waals surface area contributed by atoms with E-state index in [4.69, 9.17) is 4.52 Å². The Balaban J connectivity index is 1.47. The topological polar surface area (TPSA) is 85.8 Å². The smallest absolute Gasteiger partial charge is 0.254 e. The summed E-state index contributed by atoms with van der Waals surface area (Å²) in [4.78, 5) is 16.1. The number of aromatic nitrogens is 4. The van der Waals surface area contributed by atoms with Crippen LogP contribution in [0.1, 0.15) is 22.7 Å². The van der Waals surface area contributed by atoms with E-state index in [2.05, 4.69) is 20.6 Å². The van der Waals surface area contributed by atoms with Crippen molar-refractivity contribution in [2.75, 3.05) is 6.54 Å². The van der Waals surface area contributed by atoms with Crippen LogP contribution in [0.3, 0.4) is 0 Å². The minimum Gasteiger partial charge on any atom is -0.352 e. The molecule has 1 N–H and O–H groups in total. The fourth-order valence-electron chi connectivity index (χ4n) is 2.15. The summed E-state index contributed by atoms with van der Waals surface area (Å²) >= 11 is 0. The normalized spacial score (nSPS) is 10.8. The van der Waals surface area contributed by atoms with E-state index >= 15 is 0 Å². The summed E-state index contributed by atoms with van der Waals surface area (Å²) < 4.78 is 19.6. The molecular weight excluding hydrogens is 313 g/mol. The van der Waals surface area contributed by atoms with Crippen molar-refractivity contribution in [1.29, 1.82) is 0 Å². The van der Waals surface area contributed by atoms with E-state index in [0.717, 1.165) is 0 Å². The molecule has 1 aromatic carbocycles. The number of rotatable bonds is 6. The monoisotopic (exact) mass is 329 g/mol. The summed E-state index contributed by atoms with van der Waals surface area (Å²) in [6.07, 6.45) is 4.38. The van der Waals surface area contributed by atoms with E-state index in [9.17, 15) is 9.18 Å². The maximum Gasteiger partial charge on any atom is 0.254 e. The molecule has 0 aliphatic carbocycles. The molecule has 0 aliphatic rings. The molecule has 0 fully saturated rings. The molecule has 3 rings (SSSR count). The van der Waals surface area contributed by atoms with Gasteiger partial charge in [0.1, 0.15) is 5.82 Å². The number of halogens is 1. The van der Waals surface area contributed by atoms with Crippen LogP contribution in [0.5, 0.6) is 0 Å². The molecule has 0 unspecified atom stereocenters. The summed E-state index contributed by atoms with van der Waals surface area (Å²) in [7, 11) is 1.76. The highest BCUT2D eigenvalue weighted by molar-refractivity contribution is 5.93. The van der Waals surface area contributed by atoms with Gasteiger partial charge in [0.05, 0.1) is 11.8 Å². The van der Waals surface area contributed by atoms with Crippen molar-refractivity contribution in [3.8, 4) is 11.4 Å². The second-order valence-corrected chi connectivity index (χ2v) is 5.28. The van der Waals surface area contributed by atoms with Gasteiger partial charge in [-0.15, -0.1) is 0 Å². The SMILES string of the molecule is Cn1cc(C(=O)NCCCc2nc(-c3ccc(F)cc3)no2)cn1. The quantitative estimate of drug-likeness (QED) is 0.699. The fourth-order valence-corrected chi connectivity index (χ4v) is 2.15. The fraction of sp³-hybridized carbons (Fsp3) is 0.250. The van der Waals surface area contributed by atoms with Gasteiger partial charge >= 0.3 is 0 Å². The lowest BCUT2D eigenvalue weighted by Gasteiger charge is -2.01. The lowest BCUT2D eigenvalue weighted by atomic mass is 10.2. The van der Waals surface area contributed by atoms with Gasteiger partial charge in [0.15, 0.2) is 0 Å². The summed E-state index contributed by atoms with van der Waals surface area (Å²) in [5.41, 5.74) is 1.21. The van der Waals surface area contributed by atoms with Crippen LogP contribution in [0.2, 0.25) is 0 Å². The molecule has 0 radical (unpaired) electrons. The zero-order chi connectivity index (χ0) is 16.9. The predicted molar refractivity (Wildman–Crippen MR) is 83.6 cm³/mol. The standard InChI is InChI=1S/C16H16FN5O2/c1-22-10-12(9-19-22)16(23)18-8-2-3-14-20-15(21-24-14)11-4-6-13(17)7-5-11/h4-7,9-10H,2-3,8H2,1H3,(H,18,23). The maximum atomic E-state index is 12.9. The Bertz CT molecular complexity index is 825. The zero-order valence-corrected chi connectivity index (χ0v) is 13.1. The first-order valence-electron chi connectivity index (χ1n) is 7.47. The molecule has 3 aromatic rings. The molecule has 2 aromatic heterocycles. The summed E-state index contributed by atoms with van der Waals surface area (Å²) in [5.74, 6) is 0.418. The number of hydrogen-bond acceptors (Lipinski definition) is 5. The van der Waals surface area contributed by atoms with Crippen LogP contribution in [-0.4, -0.2) is 32.4 Å². The second-order valence-electron chi connectivity index (χ2n) is 5.28. The van der Waals surface area contributed by atoms with E-state index in [1.54, 1.807) is 30.1 Å². The maximum absolute atomic E-state index is 12.9. The summed E-state index contributed by atoms with van der Waals surface area (Å²) in [5, 5.41) is 10.6. The van der Waals surface area contributed by atoms with Crippen LogP contribution >= 0.6 is 0 Å². The summed E-state index contributed by atoms with van der Waals surface area (Å²) in [6, 6.07) is 5.88. The molecule has 0 bridgehead atoms. The van der Waals surface area contributed by atoms with Gasteiger partial charge in [-0.05, 0) is 30.7 Å². The Hall–Kier alpha value is -3.03. The first-order chi connectivity index (χ1) is 11.6. The molecule has 7 nitrogen and oxygen atoms in total. The van der Waals surface area contributed by atoms with Crippen molar-refractivity contribution in [2.24, 2.45) is 7.05 Å². The number of carbonyl (C=O) groups excluding carboxylic acids is 1. The first-order valence-corrected chi connectivity index (χ1v) is 7.47. The molecule has 124 valence electrons. The minimum atomic E-state index is -0.313. The average Bonchev–Trinajstić information content (AvgIpc) is 3.21. The van der Waals surface area contributed by atoms with Crippen molar-refractivity contribution in [2.45, 2.75) is 12.8 Å². The predicted octanol–water partition coefficient (Wildman–Crippen LogP) is 1.97. The van der Waals surface area contributed by atoms with Crippen molar-refractivity contribution in [3.05, 3.63) is 53.9 Å². The van der Waals surface area contributed by atoms with Crippen molar-refractivity contribution in [3.63, 3.8) is 0 Å². The number of nitrogens with one attached hydrogen (secondary N) is 1. The van der Waals surface area contributed by atoms with Gasteiger partial charge < -0.3 is 9.84 Å². The number of carbonyl (C=O) groups is 1. The molecule has 0 spiro atoms. The Labute approximate surface area is 137 Å². The van der Waals surface area contributed by atoms with Crippen molar-refractivity contribution < 1.29 is 13.7 Å². The van der Waals surface area contributed by atoms with Crippen LogP contribution in [0, 0.1) is 5.82 Å². The number of aryl methyl sites for hydroxylation is 2. The lowest BCUT2D eigenvalue weighted by Crippen LogP contribution is -2.24.